The maximum atomic E-state index is 12.8. The number of ether oxygens (including phenoxy) is 2. The molecule has 0 fully saturated rings. The number of amides is 1. The minimum absolute atomic E-state index is 0.0446. The van der Waals surface area contributed by atoms with Gasteiger partial charge in [0.2, 0.25) is 5.88 Å². The van der Waals surface area contributed by atoms with Gasteiger partial charge in [0.05, 0.1) is 18.3 Å². The summed E-state index contributed by atoms with van der Waals surface area (Å²) in [6.07, 6.45) is 2.91. The lowest BCUT2D eigenvalue weighted by Crippen LogP contribution is -2.25. The smallest absolute Gasteiger partial charge is 0.252 e. The molecule has 1 aromatic heterocycles. The van der Waals surface area contributed by atoms with Crippen molar-refractivity contribution in [3.05, 3.63) is 52.9 Å². The first-order chi connectivity index (χ1) is 12.5. The number of pyridine rings is 1. The normalized spacial score (nSPS) is 10.7. The number of carbonyl (C=O) groups excluding carboxylic acids is 1. The van der Waals surface area contributed by atoms with E-state index in [1.165, 1.54) is 18.3 Å². The van der Waals surface area contributed by atoms with Crippen LogP contribution in [0.5, 0.6) is 11.6 Å². The Balaban J connectivity index is 1.68. The molecule has 1 heterocycles. The van der Waals surface area contributed by atoms with Crippen LogP contribution in [-0.2, 0) is 0 Å². The summed E-state index contributed by atoms with van der Waals surface area (Å²) in [5.74, 6) is 0.407. The van der Waals surface area contributed by atoms with E-state index in [4.69, 9.17) is 21.1 Å². The number of hydrogen-bond donors (Lipinski definition) is 1. The van der Waals surface area contributed by atoms with Gasteiger partial charge >= 0.3 is 0 Å². The van der Waals surface area contributed by atoms with Gasteiger partial charge in [0.25, 0.3) is 5.91 Å². The van der Waals surface area contributed by atoms with E-state index < -0.39 is 0 Å². The molecule has 7 heteroatoms. The van der Waals surface area contributed by atoms with E-state index in [1.807, 2.05) is 13.8 Å². The molecule has 26 heavy (non-hydrogen) atoms. The third-order valence-corrected chi connectivity index (χ3v) is 3.63. The molecule has 0 unspecified atom stereocenters. The second-order valence-electron chi connectivity index (χ2n) is 5.94. The van der Waals surface area contributed by atoms with Gasteiger partial charge in [-0.1, -0.05) is 11.6 Å². The first-order valence-corrected chi connectivity index (χ1v) is 8.82. The molecule has 0 aliphatic rings. The topological polar surface area (TPSA) is 60.5 Å². The second-order valence-corrected chi connectivity index (χ2v) is 6.35. The van der Waals surface area contributed by atoms with Crippen molar-refractivity contribution in [3.8, 4) is 11.6 Å². The Labute approximate surface area is 157 Å². The predicted molar refractivity (Wildman–Crippen MR) is 98.5 cm³/mol. The van der Waals surface area contributed by atoms with Gasteiger partial charge in [-0.25, -0.2) is 9.37 Å². The van der Waals surface area contributed by atoms with Gasteiger partial charge in [-0.2, -0.15) is 0 Å². The van der Waals surface area contributed by atoms with E-state index in [-0.39, 0.29) is 17.8 Å². The molecule has 0 spiro atoms. The Morgan fingerprint density at radius 3 is 2.65 bits per heavy atom. The first kappa shape index (κ1) is 20.0. The average molecular weight is 381 g/mol. The van der Waals surface area contributed by atoms with Crippen LogP contribution in [0.3, 0.4) is 0 Å². The van der Waals surface area contributed by atoms with Crippen molar-refractivity contribution in [2.75, 3.05) is 13.2 Å². The van der Waals surface area contributed by atoms with Crippen molar-refractivity contribution in [3.63, 3.8) is 0 Å². The Morgan fingerprint density at radius 1 is 1.27 bits per heavy atom. The fourth-order valence-electron chi connectivity index (χ4n) is 2.11. The van der Waals surface area contributed by atoms with Crippen LogP contribution in [0.2, 0.25) is 5.02 Å². The monoisotopic (exact) mass is 380 g/mol. The number of rotatable bonds is 9. The summed E-state index contributed by atoms with van der Waals surface area (Å²) in [6.45, 7) is 4.75. The lowest BCUT2D eigenvalue weighted by atomic mass is 10.2. The van der Waals surface area contributed by atoms with E-state index in [0.717, 1.165) is 12.8 Å². The molecule has 1 aromatic carbocycles. The van der Waals surface area contributed by atoms with Crippen LogP contribution in [0.25, 0.3) is 0 Å². The molecule has 0 radical (unpaired) electrons. The zero-order valence-corrected chi connectivity index (χ0v) is 15.6. The highest BCUT2D eigenvalue weighted by Crippen LogP contribution is 2.23. The van der Waals surface area contributed by atoms with E-state index in [9.17, 15) is 9.18 Å². The number of nitrogens with zero attached hydrogens (tertiary/aromatic N) is 1. The van der Waals surface area contributed by atoms with Gasteiger partial charge in [-0.3, -0.25) is 4.79 Å². The number of hydrogen-bond acceptors (Lipinski definition) is 4. The standard InChI is InChI=1S/C19H22ClFN2O3/c1-13(2)26-19-17(20)11-14(12-23-19)18(24)22-9-3-4-10-25-16-7-5-15(21)6-8-16/h5-8,11-13H,3-4,9-10H2,1-2H3,(H,22,24). The quantitative estimate of drug-likeness (QED) is 0.660. The fourth-order valence-corrected chi connectivity index (χ4v) is 2.32. The van der Waals surface area contributed by atoms with E-state index in [1.54, 1.807) is 18.2 Å². The van der Waals surface area contributed by atoms with Crippen LogP contribution in [0.4, 0.5) is 4.39 Å². The minimum atomic E-state index is -0.293. The zero-order valence-electron chi connectivity index (χ0n) is 14.8. The van der Waals surface area contributed by atoms with Crippen molar-refractivity contribution in [1.29, 1.82) is 0 Å². The highest BCUT2D eigenvalue weighted by molar-refractivity contribution is 6.32. The van der Waals surface area contributed by atoms with Crippen LogP contribution in [-0.4, -0.2) is 30.1 Å². The van der Waals surface area contributed by atoms with Crippen molar-refractivity contribution >= 4 is 17.5 Å². The summed E-state index contributed by atoms with van der Waals surface area (Å²) in [6, 6.07) is 7.42. The first-order valence-electron chi connectivity index (χ1n) is 8.44. The van der Waals surface area contributed by atoms with Crippen molar-refractivity contribution in [1.82, 2.24) is 10.3 Å². The number of nitrogens with one attached hydrogen (secondary N) is 1. The highest BCUT2D eigenvalue weighted by atomic mass is 35.5. The van der Waals surface area contributed by atoms with Gasteiger partial charge in [0, 0.05) is 12.7 Å². The Hall–Kier alpha value is -2.34. The lowest BCUT2D eigenvalue weighted by molar-refractivity contribution is 0.0952. The number of halogens is 2. The molecule has 2 aromatic rings. The third kappa shape index (κ3) is 6.52. The summed E-state index contributed by atoms with van der Waals surface area (Å²) < 4.78 is 23.7. The van der Waals surface area contributed by atoms with E-state index in [2.05, 4.69) is 10.3 Å². The lowest BCUT2D eigenvalue weighted by Gasteiger charge is -2.11. The van der Waals surface area contributed by atoms with Gasteiger partial charge in [-0.05, 0) is 57.0 Å². The largest absolute Gasteiger partial charge is 0.494 e. The molecule has 0 saturated carbocycles. The summed E-state index contributed by atoms with van der Waals surface area (Å²) in [5.41, 5.74) is 0.383. The molecule has 1 N–H and O–H groups in total. The number of unbranched alkanes of at least 4 members (excludes halogenated alkanes) is 1. The summed E-state index contributed by atoms with van der Waals surface area (Å²) in [4.78, 5) is 16.2. The molecule has 0 aliphatic heterocycles. The van der Waals surface area contributed by atoms with Crippen molar-refractivity contribution < 1.29 is 18.7 Å². The highest BCUT2D eigenvalue weighted by Gasteiger charge is 2.11. The molecule has 1 amide bonds. The van der Waals surface area contributed by atoms with Crippen LogP contribution >= 0.6 is 11.6 Å². The third-order valence-electron chi connectivity index (χ3n) is 3.36. The van der Waals surface area contributed by atoms with Gasteiger partial charge in [0.1, 0.15) is 16.6 Å². The number of carbonyl (C=O) groups is 1. The molecule has 0 atom stereocenters. The van der Waals surface area contributed by atoms with Gasteiger partial charge in [-0.15, -0.1) is 0 Å². The Kier molecular flexibility index (Phi) is 7.66. The van der Waals surface area contributed by atoms with Crippen LogP contribution in [0.1, 0.15) is 37.0 Å². The van der Waals surface area contributed by atoms with Crippen LogP contribution in [0.15, 0.2) is 36.5 Å². The van der Waals surface area contributed by atoms with Gasteiger partial charge < -0.3 is 14.8 Å². The summed E-state index contributed by atoms with van der Waals surface area (Å²) in [5, 5.41) is 3.11. The second kappa shape index (κ2) is 9.97. The molecular weight excluding hydrogens is 359 g/mol. The molecule has 0 bridgehead atoms. The number of aromatic nitrogens is 1. The van der Waals surface area contributed by atoms with Gasteiger partial charge in [0.15, 0.2) is 0 Å². The Morgan fingerprint density at radius 2 is 2.00 bits per heavy atom. The maximum absolute atomic E-state index is 12.8. The van der Waals surface area contributed by atoms with Crippen molar-refractivity contribution in [2.45, 2.75) is 32.8 Å². The minimum Gasteiger partial charge on any atom is -0.494 e. The molecule has 5 nitrogen and oxygen atoms in total. The molecule has 140 valence electrons. The predicted octanol–water partition coefficient (Wildman–Crippen LogP) is 4.25. The van der Waals surface area contributed by atoms with E-state index in [0.29, 0.717) is 35.4 Å². The van der Waals surface area contributed by atoms with Crippen LogP contribution in [0, 0.1) is 5.82 Å². The SMILES string of the molecule is CC(C)Oc1ncc(C(=O)NCCCCOc2ccc(F)cc2)cc1Cl. The van der Waals surface area contributed by atoms with Crippen molar-refractivity contribution in [2.24, 2.45) is 0 Å². The van der Waals surface area contributed by atoms with Crippen LogP contribution < -0.4 is 14.8 Å². The average Bonchev–Trinajstić information content (AvgIpc) is 2.60. The molecule has 0 aliphatic carbocycles. The molecule has 2 rings (SSSR count). The number of benzene rings is 1. The zero-order chi connectivity index (χ0) is 18.9. The summed E-state index contributed by atoms with van der Waals surface area (Å²) >= 11 is 6.08. The fraction of sp³-hybridized carbons (Fsp3) is 0.368. The van der Waals surface area contributed by atoms with E-state index >= 15 is 0 Å². The Bertz CT molecular complexity index is 723. The maximum Gasteiger partial charge on any atom is 0.252 e. The molecular formula is C19H22ClFN2O3. The summed E-state index contributed by atoms with van der Waals surface area (Å²) in [7, 11) is 0. The molecule has 0 saturated heterocycles.